The smallest absolute Gasteiger partial charge is 0.261 e. The van der Waals surface area contributed by atoms with Gasteiger partial charge in [-0.25, -0.2) is 0 Å². The molecule has 1 aliphatic heterocycles. The van der Waals surface area contributed by atoms with Gasteiger partial charge in [0.15, 0.2) is 0 Å². The Bertz CT molecular complexity index is 759. The first-order chi connectivity index (χ1) is 13.7. The number of benzene rings is 1. The van der Waals surface area contributed by atoms with Gasteiger partial charge in [0, 0.05) is 42.9 Å². The van der Waals surface area contributed by atoms with Crippen LogP contribution in [-0.2, 0) is 15.3 Å². The fourth-order valence-corrected chi connectivity index (χ4v) is 4.74. The van der Waals surface area contributed by atoms with Gasteiger partial charge in [-0.05, 0) is 48.4 Å². The second-order valence-corrected chi connectivity index (χ2v) is 8.94. The highest BCUT2D eigenvalue weighted by molar-refractivity contribution is 7.99. The van der Waals surface area contributed by atoms with Crippen LogP contribution in [0.25, 0.3) is 0 Å². The molecule has 0 aliphatic carbocycles. The van der Waals surface area contributed by atoms with Gasteiger partial charge in [-0.15, -0.1) is 11.3 Å². The second-order valence-electron chi connectivity index (χ2n) is 6.71. The molecule has 1 saturated heterocycles. The number of amides is 2. The van der Waals surface area contributed by atoms with Gasteiger partial charge in [0.2, 0.25) is 5.91 Å². The first-order valence-corrected chi connectivity index (χ1v) is 11.5. The first-order valence-electron chi connectivity index (χ1n) is 9.60. The molecule has 0 unspecified atom stereocenters. The Morgan fingerprint density at radius 3 is 2.82 bits per heavy atom. The lowest BCUT2D eigenvalue weighted by Gasteiger charge is -2.21. The van der Waals surface area contributed by atoms with Crippen LogP contribution in [0.4, 0.5) is 5.69 Å². The second kappa shape index (κ2) is 11.2. The van der Waals surface area contributed by atoms with Crippen molar-refractivity contribution in [1.29, 1.82) is 0 Å². The van der Waals surface area contributed by atoms with Gasteiger partial charge in [0.1, 0.15) is 0 Å². The van der Waals surface area contributed by atoms with E-state index in [1.807, 2.05) is 41.4 Å². The van der Waals surface area contributed by atoms with E-state index in [0.717, 1.165) is 37.5 Å². The minimum absolute atomic E-state index is 0.0281. The summed E-state index contributed by atoms with van der Waals surface area (Å²) in [6.45, 7) is 2.22. The minimum Gasteiger partial charge on any atom is -0.381 e. The van der Waals surface area contributed by atoms with Crippen molar-refractivity contribution in [2.75, 3.05) is 25.1 Å². The highest BCUT2D eigenvalue weighted by Crippen LogP contribution is 2.26. The Hall–Kier alpha value is -1.83. The fraction of sp³-hybridized carbons (Fsp3) is 0.429. The van der Waals surface area contributed by atoms with Crippen molar-refractivity contribution in [2.45, 2.75) is 36.7 Å². The third-order valence-corrected chi connectivity index (χ3v) is 6.79. The van der Waals surface area contributed by atoms with Gasteiger partial charge >= 0.3 is 0 Å². The lowest BCUT2D eigenvalue weighted by Crippen LogP contribution is -2.24. The highest BCUT2D eigenvalue weighted by atomic mass is 32.2. The third-order valence-electron chi connectivity index (χ3n) is 4.48. The molecule has 5 nitrogen and oxygen atoms in total. The molecule has 0 saturated carbocycles. The van der Waals surface area contributed by atoms with Crippen molar-refractivity contribution in [3.63, 3.8) is 0 Å². The SMILES string of the molecule is O=C(CCCNC(=O)c1cccs1)Nc1cccc(CSC2CCOCC2)c1. The van der Waals surface area contributed by atoms with Crippen LogP contribution in [0.2, 0.25) is 0 Å². The van der Waals surface area contributed by atoms with Crippen molar-refractivity contribution in [2.24, 2.45) is 0 Å². The number of carbonyl (C=O) groups is 2. The Kier molecular flexibility index (Phi) is 8.39. The molecule has 150 valence electrons. The van der Waals surface area contributed by atoms with Crippen LogP contribution in [0.1, 0.15) is 40.9 Å². The minimum atomic E-state index is -0.0786. The van der Waals surface area contributed by atoms with Gasteiger partial charge in [-0.3, -0.25) is 9.59 Å². The van der Waals surface area contributed by atoms with Gasteiger partial charge in [0.05, 0.1) is 4.88 Å². The summed E-state index contributed by atoms with van der Waals surface area (Å²) in [5, 5.41) is 8.34. The van der Waals surface area contributed by atoms with Gasteiger partial charge in [0.25, 0.3) is 5.91 Å². The van der Waals surface area contributed by atoms with E-state index < -0.39 is 0 Å². The molecule has 2 aromatic rings. The zero-order valence-electron chi connectivity index (χ0n) is 15.8. The zero-order valence-corrected chi connectivity index (χ0v) is 17.4. The number of thiophene rings is 1. The largest absolute Gasteiger partial charge is 0.381 e. The maximum absolute atomic E-state index is 12.2. The molecule has 0 bridgehead atoms. The Labute approximate surface area is 174 Å². The fourth-order valence-electron chi connectivity index (χ4n) is 2.96. The van der Waals surface area contributed by atoms with Crippen LogP contribution >= 0.6 is 23.1 Å². The number of rotatable bonds is 9. The summed E-state index contributed by atoms with van der Waals surface area (Å²) in [5.74, 6) is 0.841. The Morgan fingerprint density at radius 2 is 2.04 bits per heavy atom. The standard InChI is InChI=1S/C21H26N2O3S2/c24-20(7-2-10-22-21(25)19-6-3-13-27-19)23-17-5-1-4-16(14-17)15-28-18-8-11-26-12-9-18/h1,3-6,13-14,18H,2,7-12,15H2,(H,22,25)(H,23,24). The number of anilines is 1. The van der Waals surface area contributed by atoms with E-state index in [9.17, 15) is 9.59 Å². The molecular formula is C21H26N2O3S2. The molecule has 1 aromatic carbocycles. The van der Waals surface area contributed by atoms with Crippen LogP contribution in [0, 0.1) is 0 Å². The summed E-state index contributed by atoms with van der Waals surface area (Å²) in [6.07, 6.45) is 3.22. The summed E-state index contributed by atoms with van der Waals surface area (Å²) in [5.41, 5.74) is 2.05. The molecule has 1 fully saturated rings. The van der Waals surface area contributed by atoms with Crippen LogP contribution in [0.3, 0.4) is 0 Å². The van der Waals surface area contributed by atoms with E-state index in [4.69, 9.17) is 4.74 Å². The maximum atomic E-state index is 12.2. The van der Waals surface area contributed by atoms with E-state index in [-0.39, 0.29) is 11.8 Å². The maximum Gasteiger partial charge on any atom is 0.261 e. The number of hydrogen-bond donors (Lipinski definition) is 2. The Morgan fingerprint density at radius 1 is 1.18 bits per heavy atom. The summed E-state index contributed by atoms with van der Waals surface area (Å²) < 4.78 is 5.40. The van der Waals surface area contributed by atoms with Crippen molar-refractivity contribution in [3.05, 3.63) is 52.2 Å². The summed E-state index contributed by atoms with van der Waals surface area (Å²) in [4.78, 5) is 24.7. The number of nitrogens with one attached hydrogen (secondary N) is 2. The Balaban J connectivity index is 1.35. The van der Waals surface area contributed by atoms with Crippen molar-refractivity contribution < 1.29 is 14.3 Å². The quantitative estimate of drug-likeness (QED) is 0.596. The summed E-state index contributed by atoms with van der Waals surface area (Å²) in [7, 11) is 0. The number of hydrogen-bond acceptors (Lipinski definition) is 5. The van der Waals surface area contributed by atoms with Crippen LogP contribution in [-0.4, -0.2) is 36.8 Å². The zero-order chi connectivity index (χ0) is 19.6. The lowest BCUT2D eigenvalue weighted by atomic mass is 10.2. The molecule has 0 atom stereocenters. The number of ether oxygens (including phenoxy) is 1. The predicted molar refractivity (Wildman–Crippen MR) is 116 cm³/mol. The highest BCUT2D eigenvalue weighted by Gasteiger charge is 2.14. The molecule has 1 aromatic heterocycles. The average molecular weight is 419 g/mol. The molecular weight excluding hydrogens is 392 g/mol. The van der Waals surface area contributed by atoms with Crippen molar-refractivity contribution >= 4 is 40.6 Å². The normalized spacial score (nSPS) is 14.6. The van der Waals surface area contributed by atoms with Gasteiger partial charge < -0.3 is 15.4 Å². The van der Waals surface area contributed by atoms with E-state index >= 15 is 0 Å². The molecule has 2 amide bonds. The number of thioether (sulfide) groups is 1. The third kappa shape index (κ3) is 6.96. The first kappa shape index (κ1) is 20.9. The van der Waals surface area contributed by atoms with E-state index in [2.05, 4.69) is 16.7 Å². The molecule has 2 N–H and O–H groups in total. The van der Waals surface area contributed by atoms with Gasteiger partial charge in [-0.2, -0.15) is 11.8 Å². The summed E-state index contributed by atoms with van der Waals surface area (Å²) >= 11 is 3.38. The van der Waals surface area contributed by atoms with Crippen LogP contribution < -0.4 is 10.6 Å². The van der Waals surface area contributed by atoms with E-state index in [1.54, 1.807) is 6.07 Å². The molecule has 7 heteroatoms. The van der Waals surface area contributed by atoms with E-state index in [0.29, 0.717) is 29.5 Å². The van der Waals surface area contributed by atoms with Gasteiger partial charge in [-0.1, -0.05) is 18.2 Å². The monoisotopic (exact) mass is 418 g/mol. The van der Waals surface area contributed by atoms with Crippen molar-refractivity contribution in [1.82, 2.24) is 5.32 Å². The molecule has 1 aliphatic rings. The predicted octanol–water partition coefficient (Wildman–Crippen LogP) is 4.31. The molecule has 0 spiro atoms. The molecule has 3 rings (SSSR count). The average Bonchev–Trinajstić information content (AvgIpc) is 3.26. The topological polar surface area (TPSA) is 67.4 Å². The summed E-state index contributed by atoms with van der Waals surface area (Å²) in [6, 6.07) is 11.7. The van der Waals surface area contributed by atoms with Crippen LogP contribution in [0.5, 0.6) is 0 Å². The van der Waals surface area contributed by atoms with Crippen molar-refractivity contribution in [3.8, 4) is 0 Å². The number of carbonyl (C=O) groups excluding carboxylic acids is 2. The molecule has 2 heterocycles. The molecule has 0 radical (unpaired) electrons. The molecule has 28 heavy (non-hydrogen) atoms. The van der Waals surface area contributed by atoms with Crippen LogP contribution in [0.15, 0.2) is 41.8 Å². The van der Waals surface area contributed by atoms with E-state index in [1.165, 1.54) is 16.9 Å². The lowest BCUT2D eigenvalue weighted by molar-refractivity contribution is -0.116.